The number of carbonyl (C=O) groups excluding carboxylic acids is 2. The quantitative estimate of drug-likeness (QED) is 0.793. The van der Waals surface area contributed by atoms with E-state index in [1.807, 2.05) is 26.0 Å². The molecule has 2 amide bonds. The Labute approximate surface area is 163 Å². The van der Waals surface area contributed by atoms with Gasteiger partial charge in [-0.05, 0) is 43.7 Å². The van der Waals surface area contributed by atoms with Gasteiger partial charge in [0.25, 0.3) is 5.91 Å². The normalized spacial score (nSPS) is 13.5. The fourth-order valence-corrected chi connectivity index (χ4v) is 3.99. The van der Waals surface area contributed by atoms with E-state index in [9.17, 15) is 18.0 Å². The Morgan fingerprint density at radius 2 is 1.96 bits per heavy atom. The molecule has 0 atom stereocenters. The lowest BCUT2D eigenvalue weighted by atomic mass is 10.1. The molecule has 3 rings (SSSR count). The number of anilines is 2. The zero-order chi connectivity index (χ0) is 20.5. The van der Waals surface area contributed by atoms with Gasteiger partial charge in [-0.2, -0.15) is 4.31 Å². The van der Waals surface area contributed by atoms with Crippen LogP contribution in [-0.4, -0.2) is 44.7 Å². The Kier molecular flexibility index (Phi) is 5.39. The zero-order valence-corrected chi connectivity index (χ0v) is 16.6. The summed E-state index contributed by atoms with van der Waals surface area (Å²) in [4.78, 5) is 23.7. The molecule has 0 spiro atoms. The number of benzene rings is 2. The summed E-state index contributed by atoms with van der Waals surface area (Å²) in [6.07, 6.45) is 0. The van der Waals surface area contributed by atoms with Crippen molar-refractivity contribution in [3.8, 4) is 5.75 Å². The van der Waals surface area contributed by atoms with Crippen molar-refractivity contribution in [3.63, 3.8) is 0 Å². The lowest BCUT2D eigenvalue weighted by Crippen LogP contribution is -2.35. The highest BCUT2D eigenvalue weighted by Gasteiger charge is 2.26. The molecule has 0 fully saturated rings. The molecule has 9 heteroatoms. The SMILES string of the molecule is Cc1ccc(NC(=O)CN(C)S(=O)(=O)c2ccc3c(c2)NC(=O)CO3)c(C)c1. The third-order valence-electron chi connectivity index (χ3n) is 4.31. The van der Waals surface area contributed by atoms with E-state index in [1.165, 1.54) is 25.2 Å². The number of sulfonamides is 1. The molecule has 1 aliphatic heterocycles. The van der Waals surface area contributed by atoms with Crippen LogP contribution in [0.25, 0.3) is 0 Å². The summed E-state index contributed by atoms with van der Waals surface area (Å²) < 4.78 is 31.8. The molecule has 0 bridgehead atoms. The first kappa shape index (κ1) is 19.8. The number of hydrogen-bond donors (Lipinski definition) is 2. The van der Waals surface area contributed by atoms with Gasteiger partial charge in [-0.3, -0.25) is 9.59 Å². The lowest BCUT2D eigenvalue weighted by Gasteiger charge is -2.21. The number of ether oxygens (including phenoxy) is 1. The Balaban J connectivity index is 1.74. The number of carbonyl (C=O) groups is 2. The minimum atomic E-state index is -3.93. The van der Waals surface area contributed by atoms with Crippen molar-refractivity contribution in [1.82, 2.24) is 4.31 Å². The summed E-state index contributed by atoms with van der Waals surface area (Å²) in [6, 6.07) is 9.75. The van der Waals surface area contributed by atoms with Crippen LogP contribution in [0.2, 0.25) is 0 Å². The molecule has 28 heavy (non-hydrogen) atoms. The predicted molar refractivity (Wildman–Crippen MR) is 105 cm³/mol. The maximum atomic E-state index is 12.8. The van der Waals surface area contributed by atoms with Gasteiger partial charge in [-0.1, -0.05) is 17.7 Å². The standard InChI is InChI=1S/C19H21N3O5S/c1-12-4-6-15(13(2)8-12)20-18(23)10-22(3)28(25,26)14-5-7-17-16(9-14)21-19(24)11-27-17/h4-9H,10-11H2,1-3H3,(H,20,23)(H,21,24). The van der Waals surface area contributed by atoms with Gasteiger partial charge in [0.2, 0.25) is 15.9 Å². The van der Waals surface area contributed by atoms with Gasteiger partial charge < -0.3 is 15.4 Å². The minimum absolute atomic E-state index is 0.0427. The second-order valence-corrected chi connectivity index (χ2v) is 8.67. The first-order chi connectivity index (χ1) is 13.2. The van der Waals surface area contributed by atoms with Crippen molar-refractivity contribution in [1.29, 1.82) is 0 Å². The van der Waals surface area contributed by atoms with E-state index in [2.05, 4.69) is 10.6 Å². The van der Waals surface area contributed by atoms with Crippen LogP contribution in [0.1, 0.15) is 11.1 Å². The average molecular weight is 403 g/mol. The molecular weight excluding hydrogens is 382 g/mol. The molecule has 148 valence electrons. The molecular formula is C19H21N3O5S. The fraction of sp³-hybridized carbons (Fsp3) is 0.263. The molecule has 2 aromatic carbocycles. The van der Waals surface area contributed by atoms with Crippen molar-refractivity contribution in [2.75, 3.05) is 30.8 Å². The second-order valence-electron chi connectivity index (χ2n) is 6.62. The molecule has 0 saturated carbocycles. The lowest BCUT2D eigenvalue weighted by molar-refractivity contribution is -0.118. The molecule has 0 aliphatic carbocycles. The number of aryl methyl sites for hydroxylation is 2. The third kappa shape index (κ3) is 4.15. The molecule has 0 saturated heterocycles. The largest absolute Gasteiger partial charge is 0.482 e. The summed E-state index contributed by atoms with van der Waals surface area (Å²) in [5, 5.41) is 5.29. The van der Waals surface area contributed by atoms with Crippen LogP contribution in [0.3, 0.4) is 0 Å². The number of likely N-dealkylation sites (N-methyl/N-ethyl adjacent to an activating group) is 1. The number of hydrogen-bond acceptors (Lipinski definition) is 5. The molecule has 0 aromatic heterocycles. The Bertz CT molecular complexity index is 1050. The molecule has 0 radical (unpaired) electrons. The van der Waals surface area contributed by atoms with Crippen molar-refractivity contribution < 1.29 is 22.7 Å². The van der Waals surface area contributed by atoms with Crippen LogP contribution in [0.5, 0.6) is 5.75 Å². The van der Waals surface area contributed by atoms with Gasteiger partial charge in [0, 0.05) is 12.7 Å². The Morgan fingerprint density at radius 1 is 1.21 bits per heavy atom. The molecule has 2 aromatic rings. The van der Waals surface area contributed by atoms with E-state index >= 15 is 0 Å². The minimum Gasteiger partial charge on any atom is -0.482 e. The molecule has 1 heterocycles. The van der Waals surface area contributed by atoms with Crippen LogP contribution in [0, 0.1) is 13.8 Å². The molecule has 8 nitrogen and oxygen atoms in total. The van der Waals surface area contributed by atoms with Crippen molar-refractivity contribution >= 4 is 33.2 Å². The molecule has 0 unspecified atom stereocenters. The Morgan fingerprint density at radius 3 is 2.68 bits per heavy atom. The van der Waals surface area contributed by atoms with Crippen molar-refractivity contribution in [2.24, 2.45) is 0 Å². The highest BCUT2D eigenvalue weighted by Crippen LogP contribution is 2.31. The first-order valence-corrected chi connectivity index (χ1v) is 10.0. The summed E-state index contributed by atoms with van der Waals surface area (Å²) in [5.41, 5.74) is 2.88. The van der Waals surface area contributed by atoms with Crippen LogP contribution < -0.4 is 15.4 Å². The van der Waals surface area contributed by atoms with Gasteiger partial charge in [0.05, 0.1) is 17.1 Å². The van der Waals surface area contributed by atoms with Gasteiger partial charge in [0.1, 0.15) is 5.75 Å². The van der Waals surface area contributed by atoms with E-state index in [1.54, 1.807) is 6.07 Å². The zero-order valence-electron chi connectivity index (χ0n) is 15.8. The topological polar surface area (TPSA) is 105 Å². The van der Waals surface area contributed by atoms with Gasteiger partial charge in [-0.25, -0.2) is 8.42 Å². The third-order valence-corrected chi connectivity index (χ3v) is 6.11. The van der Waals surface area contributed by atoms with E-state index < -0.39 is 15.9 Å². The fourth-order valence-electron chi connectivity index (χ4n) is 2.83. The number of fused-ring (bicyclic) bond motifs is 1. The van der Waals surface area contributed by atoms with Crippen molar-refractivity contribution in [3.05, 3.63) is 47.5 Å². The summed E-state index contributed by atoms with van der Waals surface area (Å²) in [7, 11) is -2.60. The van der Waals surface area contributed by atoms with E-state index in [4.69, 9.17) is 4.74 Å². The monoisotopic (exact) mass is 403 g/mol. The maximum Gasteiger partial charge on any atom is 0.262 e. The summed E-state index contributed by atoms with van der Waals surface area (Å²) >= 11 is 0. The Hall–Kier alpha value is -2.91. The van der Waals surface area contributed by atoms with Crippen LogP contribution >= 0.6 is 0 Å². The van der Waals surface area contributed by atoms with Crippen LogP contribution in [-0.2, 0) is 19.6 Å². The molecule has 2 N–H and O–H groups in total. The van der Waals surface area contributed by atoms with Gasteiger partial charge in [-0.15, -0.1) is 0 Å². The second kappa shape index (κ2) is 7.61. The highest BCUT2D eigenvalue weighted by molar-refractivity contribution is 7.89. The maximum absolute atomic E-state index is 12.8. The van der Waals surface area contributed by atoms with E-state index in [0.717, 1.165) is 15.4 Å². The number of rotatable bonds is 5. The summed E-state index contributed by atoms with van der Waals surface area (Å²) in [5.74, 6) is -0.412. The number of amides is 2. The smallest absolute Gasteiger partial charge is 0.262 e. The van der Waals surface area contributed by atoms with Gasteiger partial charge >= 0.3 is 0 Å². The van der Waals surface area contributed by atoms with Gasteiger partial charge in [0.15, 0.2) is 6.61 Å². The van der Waals surface area contributed by atoms with E-state index in [0.29, 0.717) is 11.4 Å². The first-order valence-electron chi connectivity index (χ1n) is 8.57. The van der Waals surface area contributed by atoms with E-state index in [-0.39, 0.29) is 29.6 Å². The average Bonchev–Trinajstić information content (AvgIpc) is 2.63. The van der Waals surface area contributed by atoms with Crippen molar-refractivity contribution in [2.45, 2.75) is 18.7 Å². The highest BCUT2D eigenvalue weighted by atomic mass is 32.2. The predicted octanol–water partition coefficient (Wildman–Crippen LogP) is 1.89. The summed E-state index contributed by atoms with van der Waals surface area (Å²) in [6.45, 7) is 3.35. The van der Waals surface area contributed by atoms with Crippen LogP contribution in [0.4, 0.5) is 11.4 Å². The number of nitrogens with zero attached hydrogens (tertiary/aromatic N) is 1. The van der Waals surface area contributed by atoms with Crippen LogP contribution in [0.15, 0.2) is 41.3 Å². The molecule has 1 aliphatic rings. The number of nitrogens with one attached hydrogen (secondary N) is 2.